The van der Waals surface area contributed by atoms with Gasteiger partial charge >= 0.3 is 12.0 Å². The summed E-state index contributed by atoms with van der Waals surface area (Å²) in [6.07, 6.45) is 5.96. The molecule has 0 bridgehead atoms. The van der Waals surface area contributed by atoms with E-state index in [-0.39, 0.29) is 25.6 Å². The first-order valence-electron chi connectivity index (χ1n) is 6.38. The average Bonchev–Trinajstić information content (AvgIpc) is 2.38. The second kappa shape index (κ2) is 7.64. The third kappa shape index (κ3) is 4.45. The third-order valence-corrected chi connectivity index (χ3v) is 2.93. The molecule has 1 aliphatic rings. The molecule has 1 aliphatic heterocycles. The van der Waals surface area contributed by atoms with Crippen LogP contribution in [0.1, 0.15) is 19.8 Å². The van der Waals surface area contributed by atoms with Crippen molar-refractivity contribution in [3.05, 3.63) is 0 Å². The fraction of sp³-hybridized carbons (Fsp3) is 0.692. The fourth-order valence-electron chi connectivity index (χ4n) is 2.08. The van der Waals surface area contributed by atoms with E-state index in [9.17, 15) is 9.59 Å². The highest BCUT2D eigenvalue weighted by atomic mass is 16.5. The first-order valence-corrected chi connectivity index (χ1v) is 6.38. The number of urea groups is 1. The molecule has 6 heteroatoms. The van der Waals surface area contributed by atoms with Crippen molar-refractivity contribution in [2.24, 2.45) is 0 Å². The van der Waals surface area contributed by atoms with Gasteiger partial charge in [0.2, 0.25) is 0 Å². The van der Waals surface area contributed by atoms with E-state index in [2.05, 4.69) is 5.92 Å². The number of rotatable bonds is 5. The highest BCUT2D eigenvalue weighted by molar-refractivity contribution is 5.76. The molecule has 0 radical (unpaired) electrons. The van der Waals surface area contributed by atoms with Crippen molar-refractivity contribution in [3.8, 4) is 12.3 Å². The first-order chi connectivity index (χ1) is 9.10. The van der Waals surface area contributed by atoms with Crippen molar-refractivity contribution in [2.75, 3.05) is 32.8 Å². The minimum atomic E-state index is -0.938. The summed E-state index contributed by atoms with van der Waals surface area (Å²) in [5.74, 6) is 1.52. The van der Waals surface area contributed by atoms with E-state index in [0.29, 0.717) is 19.7 Å². The highest BCUT2D eigenvalue weighted by Gasteiger charge is 2.31. The van der Waals surface area contributed by atoms with Crippen LogP contribution in [-0.4, -0.2) is 65.8 Å². The van der Waals surface area contributed by atoms with Crippen LogP contribution in [0, 0.1) is 12.3 Å². The van der Waals surface area contributed by atoms with Crippen LogP contribution in [-0.2, 0) is 9.53 Å². The number of hydrogen-bond acceptors (Lipinski definition) is 3. The molecule has 0 spiro atoms. The Morgan fingerprint density at radius 1 is 1.58 bits per heavy atom. The van der Waals surface area contributed by atoms with Gasteiger partial charge < -0.3 is 19.6 Å². The predicted octanol–water partition coefficient (Wildman–Crippen LogP) is 0.627. The van der Waals surface area contributed by atoms with E-state index in [0.717, 1.165) is 6.42 Å². The molecule has 0 aromatic rings. The summed E-state index contributed by atoms with van der Waals surface area (Å²) >= 11 is 0. The molecule has 1 atom stereocenters. The number of terminal acetylenes is 1. The smallest absolute Gasteiger partial charge is 0.321 e. The predicted molar refractivity (Wildman–Crippen MR) is 69.7 cm³/mol. The SMILES string of the molecule is C#CCN(CCC)C(=O)N1CCOCC1CC(=O)O. The average molecular weight is 268 g/mol. The van der Waals surface area contributed by atoms with Gasteiger partial charge in [0.05, 0.1) is 32.2 Å². The second-order valence-electron chi connectivity index (χ2n) is 4.43. The lowest BCUT2D eigenvalue weighted by atomic mass is 10.1. The molecule has 1 N–H and O–H groups in total. The topological polar surface area (TPSA) is 70.1 Å². The zero-order chi connectivity index (χ0) is 14.3. The Hall–Kier alpha value is -1.74. The van der Waals surface area contributed by atoms with Gasteiger partial charge in [0, 0.05) is 13.1 Å². The molecule has 1 rings (SSSR count). The standard InChI is InChI=1S/C13H20N2O4/c1-3-5-14(6-4-2)13(18)15-7-8-19-10-11(15)9-12(16)17/h1,11H,4-10H2,2H3,(H,16,17). The van der Waals surface area contributed by atoms with Crippen molar-refractivity contribution in [3.63, 3.8) is 0 Å². The number of nitrogens with zero attached hydrogens (tertiary/aromatic N) is 2. The normalized spacial score (nSPS) is 18.7. The van der Waals surface area contributed by atoms with Crippen LogP contribution in [0.3, 0.4) is 0 Å². The van der Waals surface area contributed by atoms with Gasteiger partial charge in [-0.05, 0) is 6.42 Å². The molecule has 0 aliphatic carbocycles. The molecular formula is C13H20N2O4. The maximum Gasteiger partial charge on any atom is 0.321 e. The van der Waals surface area contributed by atoms with E-state index in [1.54, 1.807) is 9.80 Å². The fourth-order valence-corrected chi connectivity index (χ4v) is 2.08. The summed E-state index contributed by atoms with van der Waals surface area (Å²) in [6.45, 7) is 3.86. The Kier molecular flexibility index (Phi) is 6.16. The first kappa shape index (κ1) is 15.3. The highest BCUT2D eigenvalue weighted by Crippen LogP contribution is 2.13. The number of carbonyl (C=O) groups excluding carboxylic acids is 1. The Labute approximate surface area is 113 Å². The second-order valence-corrected chi connectivity index (χ2v) is 4.43. The molecule has 1 saturated heterocycles. The Bertz CT molecular complexity index is 364. The summed E-state index contributed by atoms with van der Waals surface area (Å²) in [4.78, 5) is 26.3. The Balaban J connectivity index is 2.74. The van der Waals surface area contributed by atoms with Gasteiger partial charge in [0.15, 0.2) is 0 Å². The van der Waals surface area contributed by atoms with Gasteiger partial charge in [-0.1, -0.05) is 12.8 Å². The molecule has 106 valence electrons. The van der Waals surface area contributed by atoms with E-state index < -0.39 is 12.0 Å². The quantitative estimate of drug-likeness (QED) is 0.742. The van der Waals surface area contributed by atoms with Gasteiger partial charge in [0.1, 0.15) is 0 Å². The summed E-state index contributed by atoms with van der Waals surface area (Å²) in [5.41, 5.74) is 0. The zero-order valence-corrected chi connectivity index (χ0v) is 11.2. The van der Waals surface area contributed by atoms with Crippen molar-refractivity contribution < 1.29 is 19.4 Å². The third-order valence-electron chi connectivity index (χ3n) is 2.93. The number of carboxylic acids is 1. The summed E-state index contributed by atoms with van der Waals surface area (Å²) in [5, 5.41) is 8.87. The molecule has 1 heterocycles. The molecule has 19 heavy (non-hydrogen) atoms. The lowest BCUT2D eigenvalue weighted by molar-refractivity contribution is -0.139. The zero-order valence-electron chi connectivity index (χ0n) is 11.2. The minimum Gasteiger partial charge on any atom is -0.481 e. The van der Waals surface area contributed by atoms with Crippen LogP contribution < -0.4 is 0 Å². The van der Waals surface area contributed by atoms with Crippen LogP contribution in [0.2, 0.25) is 0 Å². The summed E-state index contributed by atoms with van der Waals surface area (Å²) in [6, 6.07) is -0.620. The van der Waals surface area contributed by atoms with E-state index >= 15 is 0 Å². The van der Waals surface area contributed by atoms with Gasteiger partial charge in [-0.15, -0.1) is 6.42 Å². The van der Waals surface area contributed by atoms with Crippen LogP contribution in [0.15, 0.2) is 0 Å². The van der Waals surface area contributed by atoms with E-state index in [1.165, 1.54) is 0 Å². The number of carbonyl (C=O) groups is 2. The van der Waals surface area contributed by atoms with Crippen molar-refractivity contribution in [2.45, 2.75) is 25.8 Å². The maximum atomic E-state index is 12.4. The summed E-state index contributed by atoms with van der Waals surface area (Å²) < 4.78 is 5.25. The van der Waals surface area contributed by atoms with E-state index in [4.69, 9.17) is 16.3 Å². The van der Waals surface area contributed by atoms with Gasteiger partial charge in [0.25, 0.3) is 0 Å². The molecule has 6 nitrogen and oxygen atoms in total. The van der Waals surface area contributed by atoms with Crippen molar-refractivity contribution >= 4 is 12.0 Å². The Morgan fingerprint density at radius 2 is 2.32 bits per heavy atom. The van der Waals surface area contributed by atoms with Crippen LogP contribution in [0.5, 0.6) is 0 Å². The molecule has 2 amide bonds. The molecule has 0 saturated carbocycles. The van der Waals surface area contributed by atoms with E-state index in [1.807, 2.05) is 6.92 Å². The number of carboxylic acid groups (broad SMARTS) is 1. The largest absolute Gasteiger partial charge is 0.481 e. The van der Waals surface area contributed by atoms with Crippen LogP contribution in [0.4, 0.5) is 4.79 Å². The molecule has 0 aromatic heterocycles. The molecule has 1 fully saturated rings. The Morgan fingerprint density at radius 3 is 2.89 bits per heavy atom. The number of ether oxygens (including phenoxy) is 1. The van der Waals surface area contributed by atoms with Crippen molar-refractivity contribution in [1.29, 1.82) is 0 Å². The lowest BCUT2D eigenvalue weighted by Crippen LogP contribution is -2.54. The maximum absolute atomic E-state index is 12.4. The minimum absolute atomic E-state index is 0.109. The summed E-state index contributed by atoms with van der Waals surface area (Å²) in [7, 11) is 0. The van der Waals surface area contributed by atoms with Crippen molar-refractivity contribution in [1.82, 2.24) is 9.80 Å². The van der Waals surface area contributed by atoms with Crippen LogP contribution in [0.25, 0.3) is 0 Å². The molecule has 0 aromatic carbocycles. The molecule has 1 unspecified atom stereocenters. The number of morpholine rings is 1. The monoisotopic (exact) mass is 268 g/mol. The van der Waals surface area contributed by atoms with Gasteiger partial charge in [-0.2, -0.15) is 0 Å². The number of amides is 2. The lowest BCUT2D eigenvalue weighted by Gasteiger charge is -2.37. The van der Waals surface area contributed by atoms with Gasteiger partial charge in [-0.25, -0.2) is 4.79 Å². The number of aliphatic carboxylic acids is 1. The molecular weight excluding hydrogens is 248 g/mol. The number of hydrogen-bond donors (Lipinski definition) is 1. The van der Waals surface area contributed by atoms with Crippen LogP contribution >= 0.6 is 0 Å². The van der Waals surface area contributed by atoms with Gasteiger partial charge in [-0.3, -0.25) is 4.79 Å².